The van der Waals surface area contributed by atoms with E-state index in [2.05, 4.69) is 13.8 Å². The Morgan fingerprint density at radius 1 is 0.969 bits per heavy atom. The summed E-state index contributed by atoms with van der Waals surface area (Å²) in [5.74, 6) is 1.36. The fourth-order valence-electron chi connectivity index (χ4n) is 3.46. The average molecular weight is 448 g/mol. The Labute approximate surface area is 192 Å². The molecular weight excluding hydrogens is 422 g/mol. The first-order chi connectivity index (χ1) is 15.4. The highest BCUT2D eigenvalue weighted by Gasteiger charge is 2.35. The number of amides is 2. The van der Waals surface area contributed by atoms with Crippen LogP contribution in [0, 0.1) is 5.92 Å². The number of methoxy groups -OCH3 is 1. The highest BCUT2D eigenvalue weighted by molar-refractivity contribution is 8.18. The van der Waals surface area contributed by atoms with Crippen molar-refractivity contribution in [1.29, 1.82) is 0 Å². The zero-order valence-corrected chi connectivity index (χ0v) is 19.1. The maximum Gasteiger partial charge on any atom is 0.293 e. The van der Waals surface area contributed by atoms with Crippen LogP contribution >= 0.6 is 11.8 Å². The number of imide groups is 1. The predicted molar refractivity (Wildman–Crippen MR) is 129 cm³/mol. The molecule has 0 radical (unpaired) electrons. The number of hydrogen-bond donors (Lipinski definition) is 0. The number of benzene rings is 3. The lowest BCUT2D eigenvalue weighted by Crippen LogP contribution is -2.27. The number of nitrogens with zero attached hydrogens (tertiary/aromatic N) is 1. The van der Waals surface area contributed by atoms with Gasteiger partial charge in [0.2, 0.25) is 0 Å². The molecule has 1 fully saturated rings. The molecule has 5 nitrogen and oxygen atoms in total. The number of fused-ring (bicyclic) bond motifs is 1. The normalized spacial score (nSPS) is 15.2. The molecule has 0 N–H and O–H groups in total. The molecule has 3 aromatic rings. The van der Waals surface area contributed by atoms with E-state index in [0.717, 1.165) is 33.7 Å². The molecule has 1 heterocycles. The Kier molecular flexibility index (Phi) is 6.51. The standard InChI is InChI=1S/C26H25NO4S/c1-17(2)16-31-22-11-9-18(13-23(22)30-3)14-24-25(28)27(26(29)32-24)15-19-8-10-20-6-4-5-7-21(20)12-19/h4-14,17H,15-16H2,1-3H3/b24-14-. The van der Waals surface area contributed by atoms with Gasteiger partial charge >= 0.3 is 0 Å². The summed E-state index contributed by atoms with van der Waals surface area (Å²) in [4.78, 5) is 27.2. The van der Waals surface area contributed by atoms with Gasteiger partial charge in [-0.15, -0.1) is 0 Å². The number of hydrogen-bond acceptors (Lipinski definition) is 5. The van der Waals surface area contributed by atoms with Crippen molar-refractivity contribution in [3.8, 4) is 11.5 Å². The Balaban J connectivity index is 1.52. The molecule has 4 rings (SSSR count). The van der Waals surface area contributed by atoms with Crippen LogP contribution in [0.25, 0.3) is 16.8 Å². The fraction of sp³-hybridized carbons (Fsp3) is 0.231. The van der Waals surface area contributed by atoms with Gasteiger partial charge in [0.1, 0.15) is 0 Å². The van der Waals surface area contributed by atoms with E-state index in [4.69, 9.17) is 9.47 Å². The maximum atomic E-state index is 12.9. The van der Waals surface area contributed by atoms with Crippen molar-refractivity contribution in [2.45, 2.75) is 20.4 Å². The first kappa shape index (κ1) is 22.0. The third-order valence-corrected chi connectivity index (χ3v) is 5.99. The van der Waals surface area contributed by atoms with Crippen LogP contribution in [-0.2, 0) is 11.3 Å². The van der Waals surface area contributed by atoms with Crippen LogP contribution in [0.1, 0.15) is 25.0 Å². The van der Waals surface area contributed by atoms with Gasteiger partial charge in [0.05, 0.1) is 25.2 Å². The largest absolute Gasteiger partial charge is 0.493 e. The molecule has 0 aliphatic carbocycles. The monoisotopic (exact) mass is 447 g/mol. The van der Waals surface area contributed by atoms with Gasteiger partial charge < -0.3 is 9.47 Å². The number of rotatable bonds is 7. The van der Waals surface area contributed by atoms with Gasteiger partial charge in [-0.25, -0.2) is 0 Å². The van der Waals surface area contributed by atoms with Crippen molar-refractivity contribution in [1.82, 2.24) is 4.90 Å². The quantitative estimate of drug-likeness (QED) is 0.409. The second-order valence-electron chi connectivity index (χ2n) is 8.06. The first-order valence-corrected chi connectivity index (χ1v) is 11.3. The van der Waals surface area contributed by atoms with E-state index in [1.54, 1.807) is 13.2 Å². The molecule has 0 aromatic heterocycles. The smallest absolute Gasteiger partial charge is 0.293 e. The minimum atomic E-state index is -0.285. The number of carbonyl (C=O) groups is 2. The minimum absolute atomic E-state index is 0.248. The summed E-state index contributed by atoms with van der Waals surface area (Å²) >= 11 is 0.958. The Morgan fingerprint density at radius 3 is 2.50 bits per heavy atom. The Bertz CT molecular complexity index is 1200. The van der Waals surface area contributed by atoms with Gasteiger partial charge in [0.15, 0.2) is 11.5 Å². The maximum absolute atomic E-state index is 12.9. The Hall–Kier alpha value is -3.25. The molecule has 1 aliphatic rings. The summed E-state index contributed by atoms with van der Waals surface area (Å²) in [6.45, 7) is 4.99. The number of ether oxygens (including phenoxy) is 2. The highest BCUT2D eigenvalue weighted by Crippen LogP contribution is 2.35. The van der Waals surface area contributed by atoms with E-state index in [1.807, 2.05) is 60.7 Å². The van der Waals surface area contributed by atoms with Crippen LogP contribution in [0.3, 0.4) is 0 Å². The summed E-state index contributed by atoms with van der Waals surface area (Å²) in [7, 11) is 1.58. The van der Waals surface area contributed by atoms with Crippen molar-refractivity contribution in [2.24, 2.45) is 5.92 Å². The molecule has 0 atom stereocenters. The highest BCUT2D eigenvalue weighted by atomic mass is 32.2. The molecule has 3 aromatic carbocycles. The molecule has 1 saturated heterocycles. The molecule has 1 aliphatic heterocycles. The fourth-order valence-corrected chi connectivity index (χ4v) is 4.30. The first-order valence-electron chi connectivity index (χ1n) is 10.5. The molecule has 2 amide bonds. The van der Waals surface area contributed by atoms with Crippen molar-refractivity contribution in [3.63, 3.8) is 0 Å². The second-order valence-corrected chi connectivity index (χ2v) is 9.06. The van der Waals surface area contributed by atoms with Crippen LogP contribution in [0.15, 0.2) is 65.6 Å². The molecule has 0 saturated carbocycles. The van der Waals surface area contributed by atoms with Crippen LogP contribution < -0.4 is 9.47 Å². The molecule has 0 bridgehead atoms. The molecule has 32 heavy (non-hydrogen) atoms. The van der Waals surface area contributed by atoms with E-state index in [0.29, 0.717) is 28.9 Å². The zero-order chi connectivity index (χ0) is 22.7. The lowest BCUT2D eigenvalue weighted by atomic mass is 10.1. The molecular formula is C26H25NO4S. The second kappa shape index (κ2) is 9.49. The van der Waals surface area contributed by atoms with Crippen molar-refractivity contribution in [2.75, 3.05) is 13.7 Å². The van der Waals surface area contributed by atoms with Crippen LogP contribution in [0.4, 0.5) is 4.79 Å². The topological polar surface area (TPSA) is 55.8 Å². The van der Waals surface area contributed by atoms with Crippen molar-refractivity contribution >= 4 is 39.8 Å². The SMILES string of the molecule is COc1cc(/C=C2\SC(=O)N(Cc3ccc4ccccc4c3)C2=O)ccc1OCC(C)C. The Morgan fingerprint density at radius 2 is 1.75 bits per heavy atom. The van der Waals surface area contributed by atoms with Gasteiger partial charge in [0.25, 0.3) is 11.1 Å². The lowest BCUT2D eigenvalue weighted by molar-refractivity contribution is -0.123. The lowest BCUT2D eigenvalue weighted by Gasteiger charge is -2.13. The van der Waals surface area contributed by atoms with Crippen LogP contribution in [0.2, 0.25) is 0 Å². The van der Waals surface area contributed by atoms with E-state index < -0.39 is 0 Å². The van der Waals surface area contributed by atoms with Gasteiger partial charge in [-0.2, -0.15) is 0 Å². The third-order valence-electron chi connectivity index (χ3n) is 5.09. The van der Waals surface area contributed by atoms with Gasteiger partial charge in [-0.3, -0.25) is 14.5 Å². The number of thioether (sulfide) groups is 1. The van der Waals surface area contributed by atoms with Crippen LogP contribution in [0.5, 0.6) is 11.5 Å². The molecule has 6 heteroatoms. The third kappa shape index (κ3) is 4.81. The van der Waals surface area contributed by atoms with Gasteiger partial charge in [-0.05, 0) is 63.9 Å². The van der Waals surface area contributed by atoms with E-state index in [1.165, 1.54) is 4.90 Å². The summed E-state index contributed by atoms with van der Waals surface area (Å²) < 4.78 is 11.2. The zero-order valence-electron chi connectivity index (χ0n) is 18.3. The summed E-state index contributed by atoms with van der Waals surface area (Å²) in [5, 5.41) is 1.94. The number of carbonyl (C=O) groups excluding carboxylic acids is 2. The minimum Gasteiger partial charge on any atom is -0.493 e. The van der Waals surface area contributed by atoms with Gasteiger partial charge in [0, 0.05) is 0 Å². The average Bonchev–Trinajstić information content (AvgIpc) is 3.05. The van der Waals surface area contributed by atoms with Crippen molar-refractivity contribution < 1.29 is 19.1 Å². The molecule has 0 spiro atoms. The summed E-state index contributed by atoms with van der Waals surface area (Å²) in [6, 6.07) is 19.5. The summed E-state index contributed by atoms with van der Waals surface area (Å²) in [6.07, 6.45) is 1.72. The molecule has 0 unspecified atom stereocenters. The van der Waals surface area contributed by atoms with E-state index >= 15 is 0 Å². The van der Waals surface area contributed by atoms with Gasteiger partial charge in [-0.1, -0.05) is 56.3 Å². The van der Waals surface area contributed by atoms with E-state index in [9.17, 15) is 9.59 Å². The van der Waals surface area contributed by atoms with Crippen molar-refractivity contribution in [3.05, 3.63) is 76.7 Å². The van der Waals surface area contributed by atoms with Crippen LogP contribution in [-0.4, -0.2) is 29.8 Å². The predicted octanol–water partition coefficient (Wildman–Crippen LogP) is 6.12. The van der Waals surface area contributed by atoms with E-state index in [-0.39, 0.29) is 17.7 Å². The molecule has 164 valence electrons. The summed E-state index contributed by atoms with van der Waals surface area (Å²) in [5.41, 5.74) is 1.69.